The van der Waals surface area contributed by atoms with E-state index >= 15 is 0 Å². The molecule has 1 aliphatic heterocycles. The lowest BCUT2D eigenvalue weighted by Gasteiger charge is -2.35. The molecule has 1 aromatic carbocycles. The maximum absolute atomic E-state index is 13.3. The first kappa shape index (κ1) is 16.3. The summed E-state index contributed by atoms with van der Waals surface area (Å²) in [6.07, 6.45) is 0.533. The summed E-state index contributed by atoms with van der Waals surface area (Å²) in [6.45, 7) is 3.50. The van der Waals surface area contributed by atoms with Gasteiger partial charge in [0.05, 0.1) is 0 Å². The van der Waals surface area contributed by atoms with Crippen LogP contribution in [-0.4, -0.2) is 42.8 Å². The minimum absolute atomic E-state index is 0. The van der Waals surface area contributed by atoms with E-state index in [0.717, 1.165) is 37.8 Å². The van der Waals surface area contributed by atoms with Gasteiger partial charge in [-0.2, -0.15) is 0 Å². The van der Waals surface area contributed by atoms with Crippen molar-refractivity contribution in [2.24, 2.45) is 0 Å². The van der Waals surface area contributed by atoms with Crippen molar-refractivity contribution in [2.45, 2.75) is 12.5 Å². The lowest BCUT2D eigenvalue weighted by Crippen LogP contribution is -2.45. The van der Waals surface area contributed by atoms with Crippen molar-refractivity contribution >= 4 is 12.4 Å². The molecular formula is C13H19ClF2N2O. The minimum Gasteiger partial charge on any atom is -0.396 e. The Morgan fingerprint density at radius 1 is 1.21 bits per heavy atom. The molecule has 0 aromatic heterocycles. The molecule has 0 radical (unpaired) electrons. The fraction of sp³-hybridized carbons (Fsp3) is 0.538. The molecule has 108 valence electrons. The molecule has 1 heterocycles. The highest BCUT2D eigenvalue weighted by molar-refractivity contribution is 5.85. The molecule has 2 rings (SSSR count). The Labute approximate surface area is 118 Å². The molecule has 1 aromatic rings. The van der Waals surface area contributed by atoms with Gasteiger partial charge in [0.2, 0.25) is 0 Å². The van der Waals surface area contributed by atoms with Crippen LogP contribution >= 0.6 is 12.4 Å². The predicted molar refractivity (Wildman–Crippen MR) is 72.5 cm³/mol. The van der Waals surface area contributed by atoms with E-state index in [9.17, 15) is 8.78 Å². The van der Waals surface area contributed by atoms with Crippen LogP contribution in [0.25, 0.3) is 0 Å². The summed E-state index contributed by atoms with van der Waals surface area (Å²) in [7, 11) is 0. The van der Waals surface area contributed by atoms with Crippen LogP contribution in [0.1, 0.15) is 18.0 Å². The molecule has 0 saturated carbocycles. The lowest BCUT2D eigenvalue weighted by atomic mass is 10.0. The summed E-state index contributed by atoms with van der Waals surface area (Å²) in [4.78, 5) is 2.19. The molecule has 0 unspecified atom stereocenters. The van der Waals surface area contributed by atoms with Crippen LogP contribution < -0.4 is 5.32 Å². The zero-order valence-electron chi connectivity index (χ0n) is 10.6. The number of hydrogen-bond donors (Lipinski definition) is 2. The zero-order chi connectivity index (χ0) is 13.0. The molecule has 0 spiro atoms. The second kappa shape index (κ2) is 7.75. The number of benzene rings is 1. The number of halogens is 3. The standard InChI is InChI=1S/C13H18F2N2O.ClH/c14-11-2-1-10(9-12(11)15)13(3-8-18)17-6-4-16-5-7-17;/h1-2,9,13,16,18H,3-8H2;1H/t13-;/m0./s1. The fourth-order valence-electron chi connectivity index (χ4n) is 2.40. The largest absolute Gasteiger partial charge is 0.396 e. The van der Waals surface area contributed by atoms with E-state index < -0.39 is 11.6 Å². The SMILES string of the molecule is Cl.OCC[C@@H](c1ccc(F)c(F)c1)N1CCNCC1. The van der Waals surface area contributed by atoms with Gasteiger partial charge < -0.3 is 10.4 Å². The Bertz CT molecular complexity index is 400. The van der Waals surface area contributed by atoms with E-state index in [4.69, 9.17) is 5.11 Å². The first-order valence-electron chi connectivity index (χ1n) is 6.23. The third kappa shape index (κ3) is 4.11. The predicted octanol–water partition coefficient (Wildman–Crippen LogP) is 1.72. The quantitative estimate of drug-likeness (QED) is 0.887. The van der Waals surface area contributed by atoms with Crippen molar-refractivity contribution in [2.75, 3.05) is 32.8 Å². The molecule has 0 aliphatic carbocycles. The Hall–Kier alpha value is -0.750. The highest BCUT2D eigenvalue weighted by Crippen LogP contribution is 2.25. The third-order valence-electron chi connectivity index (χ3n) is 3.32. The maximum atomic E-state index is 13.3. The van der Waals surface area contributed by atoms with Gasteiger partial charge in [0.15, 0.2) is 11.6 Å². The monoisotopic (exact) mass is 292 g/mol. The molecule has 1 saturated heterocycles. The van der Waals surface area contributed by atoms with Crippen LogP contribution in [0.4, 0.5) is 8.78 Å². The molecule has 2 N–H and O–H groups in total. The van der Waals surface area contributed by atoms with Gasteiger partial charge in [0.25, 0.3) is 0 Å². The van der Waals surface area contributed by atoms with Crippen molar-refractivity contribution in [3.05, 3.63) is 35.4 Å². The number of nitrogens with one attached hydrogen (secondary N) is 1. The number of hydrogen-bond acceptors (Lipinski definition) is 3. The summed E-state index contributed by atoms with van der Waals surface area (Å²) >= 11 is 0. The first-order valence-corrected chi connectivity index (χ1v) is 6.23. The third-order valence-corrected chi connectivity index (χ3v) is 3.32. The minimum atomic E-state index is -0.832. The smallest absolute Gasteiger partial charge is 0.159 e. The second-order valence-electron chi connectivity index (χ2n) is 4.49. The molecule has 1 atom stereocenters. The van der Waals surface area contributed by atoms with Gasteiger partial charge in [-0.15, -0.1) is 12.4 Å². The molecule has 1 fully saturated rings. The van der Waals surface area contributed by atoms with Gasteiger partial charge in [0, 0.05) is 38.8 Å². The van der Waals surface area contributed by atoms with Crippen LogP contribution in [0, 0.1) is 11.6 Å². The van der Waals surface area contributed by atoms with Gasteiger partial charge in [-0.1, -0.05) is 6.07 Å². The van der Waals surface area contributed by atoms with E-state index in [0.29, 0.717) is 6.42 Å². The molecule has 1 aliphatic rings. The molecule has 19 heavy (non-hydrogen) atoms. The lowest BCUT2D eigenvalue weighted by molar-refractivity contribution is 0.141. The van der Waals surface area contributed by atoms with Crippen LogP contribution in [0.2, 0.25) is 0 Å². The van der Waals surface area contributed by atoms with E-state index in [1.54, 1.807) is 6.07 Å². The van der Waals surface area contributed by atoms with Crippen molar-refractivity contribution in [3.63, 3.8) is 0 Å². The first-order chi connectivity index (χ1) is 8.72. The van der Waals surface area contributed by atoms with Gasteiger partial charge >= 0.3 is 0 Å². The Morgan fingerprint density at radius 2 is 1.89 bits per heavy atom. The van der Waals surface area contributed by atoms with Crippen LogP contribution in [0.5, 0.6) is 0 Å². The van der Waals surface area contributed by atoms with Crippen molar-refractivity contribution < 1.29 is 13.9 Å². The summed E-state index contributed by atoms with van der Waals surface area (Å²) in [5.74, 6) is -1.66. The zero-order valence-corrected chi connectivity index (χ0v) is 11.4. The Balaban J connectivity index is 0.00000180. The van der Waals surface area contributed by atoms with E-state index in [1.807, 2.05) is 0 Å². The number of aliphatic hydroxyl groups excluding tert-OH is 1. The van der Waals surface area contributed by atoms with Crippen LogP contribution in [0.15, 0.2) is 18.2 Å². The Morgan fingerprint density at radius 3 is 2.47 bits per heavy atom. The van der Waals surface area contributed by atoms with Crippen molar-refractivity contribution in [1.82, 2.24) is 10.2 Å². The molecule has 3 nitrogen and oxygen atoms in total. The number of rotatable bonds is 4. The number of nitrogens with zero attached hydrogens (tertiary/aromatic N) is 1. The van der Waals surface area contributed by atoms with Gasteiger partial charge in [-0.25, -0.2) is 8.78 Å². The van der Waals surface area contributed by atoms with Crippen LogP contribution in [-0.2, 0) is 0 Å². The van der Waals surface area contributed by atoms with E-state index in [-0.39, 0.29) is 25.1 Å². The van der Waals surface area contributed by atoms with E-state index in [2.05, 4.69) is 10.2 Å². The maximum Gasteiger partial charge on any atom is 0.159 e. The Kier molecular flexibility index (Phi) is 6.65. The second-order valence-corrected chi connectivity index (χ2v) is 4.49. The molecule has 6 heteroatoms. The van der Waals surface area contributed by atoms with Gasteiger partial charge in [-0.3, -0.25) is 4.90 Å². The number of aliphatic hydroxyl groups is 1. The summed E-state index contributed by atoms with van der Waals surface area (Å²) in [6, 6.07) is 3.93. The number of piperazine rings is 1. The molecule has 0 amide bonds. The fourth-order valence-corrected chi connectivity index (χ4v) is 2.40. The van der Waals surface area contributed by atoms with Crippen molar-refractivity contribution in [1.29, 1.82) is 0 Å². The van der Waals surface area contributed by atoms with E-state index in [1.165, 1.54) is 6.07 Å². The van der Waals surface area contributed by atoms with Gasteiger partial charge in [-0.05, 0) is 24.1 Å². The van der Waals surface area contributed by atoms with Crippen molar-refractivity contribution in [3.8, 4) is 0 Å². The normalized spacial score (nSPS) is 17.8. The average Bonchev–Trinajstić information content (AvgIpc) is 2.40. The van der Waals surface area contributed by atoms with Gasteiger partial charge in [0.1, 0.15) is 0 Å². The topological polar surface area (TPSA) is 35.5 Å². The average molecular weight is 293 g/mol. The summed E-state index contributed by atoms with van der Waals surface area (Å²) in [5, 5.41) is 12.4. The summed E-state index contributed by atoms with van der Waals surface area (Å²) < 4.78 is 26.2. The molecular weight excluding hydrogens is 274 g/mol. The molecule has 0 bridgehead atoms. The highest BCUT2D eigenvalue weighted by Gasteiger charge is 2.22. The highest BCUT2D eigenvalue weighted by atomic mass is 35.5. The van der Waals surface area contributed by atoms with Crippen LogP contribution in [0.3, 0.4) is 0 Å². The summed E-state index contributed by atoms with van der Waals surface area (Å²) in [5.41, 5.74) is 0.727.